The van der Waals surface area contributed by atoms with Crippen molar-refractivity contribution < 1.29 is 14.3 Å². The average Bonchev–Trinajstić information content (AvgIpc) is 3.04. The molecular formula is C19H30N4O3. The summed E-state index contributed by atoms with van der Waals surface area (Å²) in [6.45, 7) is 9.88. The zero-order valence-electron chi connectivity index (χ0n) is 16.2. The van der Waals surface area contributed by atoms with Crippen LogP contribution in [-0.2, 0) is 9.59 Å². The number of nitrogens with one attached hydrogen (secondary N) is 4. The first-order valence-electron chi connectivity index (χ1n) is 9.11. The summed E-state index contributed by atoms with van der Waals surface area (Å²) in [5.41, 5.74) is 13.1. The van der Waals surface area contributed by atoms with Crippen molar-refractivity contribution >= 4 is 11.8 Å². The molecule has 4 N–H and O–H groups in total. The first kappa shape index (κ1) is 20.2. The molecule has 1 aromatic carbocycles. The number of amides is 2. The largest absolute Gasteiger partial charge is 0.481 e. The fourth-order valence-corrected chi connectivity index (χ4v) is 2.93. The number of carbonyl (C=O) groups is 2. The van der Waals surface area contributed by atoms with Crippen LogP contribution in [0.5, 0.6) is 5.75 Å². The smallest absolute Gasteiger partial charge is 0.279 e. The van der Waals surface area contributed by atoms with Gasteiger partial charge in [0.25, 0.3) is 11.8 Å². The van der Waals surface area contributed by atoms with Crippen molar-refractivity contribution in [3.05, 3.63) is 29.3 Å². The number of carbonyl (C=O) groups excluding carboxylic acids is 2. The second-order valence-electron chi connectivity index (χ2n) is 7.34. The zero-order chi connectivity index (χ0) is 19.3. The van der Waals surface area contributed by atoms with E-state index in [-0.39, 0.29) is 18.0 Å². The Morgan fingerprint density at radius 3 is 2.62 bits per heavy atom. The minimum Gasteiger partial charge on any atom is -0.481 e. The molecule has 0 bridgehead atoms. The fraction of sp³-hybridized carbons (Fsp3) is 0.579. The third-order valence-corrected chi connectivity index (χ3v) is 4.59. The van der Waals surface area contributed by atoms with E-state index in [9.17, 15) is 9.59 Å². The van der Waals surface area contributed by atoms with E-state index in [0.29, 0.717) is 18.1 Å². The molecule has 0 aromatic heterocycles. The van der Waals surface area contributed by atoms with Crippen molar-refractivity contribution in [1.82, 2.24) is 21.7 Å². The van der Waals surface area contributed by atoms with Crippen LogP contribution in [0.25, 0.3) is 0 Å². The van der Waals surface area contributed by atoms with Crippen molar-refractivity contribution in [2.45, 2.75) is 65.6 Å². The van der Waals surface area contributed by atoms with Gasteiger partial charge in [-0.3, -0.25) is 25.9 Å². The Morgan fingerprint density at radius 2 is 1.92 bits per heavy atom. The average molecular weight is 362 g/mol. The van der Waals surface area contributed by atoms with Gasteiger partial charge in [-0.25, -0.2) is 5.43 Å². The maximum atomic E-state index is 12.2. The van der Waals surface area contributed by atoms with Gasteiger partial charge in [0.2, 0.25) is 0 Å². The SMILES string of the molecule is Cc1cccc(OC(C)C(=O)NNC(=O)C2CC(CC(C)C)NN2)c1C. The fourth-order valence-electron chi connectivity index (χ4n) is 2.93. The molecule has 1 heterocycles. The zero-order valence-corrected chi connectivity index (χ0v) is 16.2. The van der Waals surface area contributed by atoms with Gasteiger partial charge >= 0.3 is 0 Å². The Bertz CT molecular complexity index is 648. The molecule has 3 atom stereocenters. The van der Waals surface area contributed by atoms with Crippen LogP contribution >= 0.6 is 0 Å². The van der Waals surface area contributed by atoms with E-state index in [2.05, 4.69) is 35.6 Å². The van der Waals surface area contributed by atoms with Gasteiger partial charge < -0.3 is 4.74 Å². The molecule has 0 spiro atoms. The Hall–Kier alpha value is -2.12. The predicted molar refractivity (Wildman–Crippen MR) is 100 cm³/mol. The summed E-state index contributed by atoms with van der Waals surface area (Å²) in [7, 11) is 0. The number of hydrazine groups is 2. The van der Waals surface area contributed by atoms with Gasteiger partial charge in [0, 0.05) is 6.04 Å². The second kappa shape index (κ2) is 9.00. The summed E-state index contributed by atoms with van der Waals surface area (Å²) in [6, 6.07) is 5.59. The molecule has 1 aromatic rings. The highest BCUT2D eigenvalue weighted by atomic mass is 16.5. The lowest BCUT2D eigenvalue weighted by atomic mass is 10.00. The lowest BCUT2D eigenvalue weighted by Crippen LogP contribution is -2.52. The molecule has 2 rings (SSSR count). The van der Waals surface area contributed by atoms with Gasteiger partial charge in [-0.05, 0) is 56.7 Å². The van der Waals surface area contributed by atoms with E-state index in [4.69, 9.17) is 4.74 Å². The van der Waals surface area contributed by atoms with Gasteiger partial charge in [-0.1, -0.05) is 26.0 Å². The van der Waals surface area contributed by atoms with Gasteiger partial charge in [-0.2, -0.15) is 0 Å². The monoisotopic (exact) mass is 362 g/mol. The topological polar surface area (TPSA) is 91.5 Å². The first-order valence-corrected chi connectivity index (χ1v) is 9.11. The summed E-state index contributed by atoms with van der Waals surface area (Å²) in [5.74, 6) is 0.552. The van der Waals surface area contributed by atoms with Crippen molar-refractivity contribution in [3.8, 4) is 5.75 Å². The van der Waals surface area contributed by atoms with Crippen molar-refractivity contribution in [3.63, 3.8) is 0 Å². The second-order valence-corrected chi connectivity index (χ2v) is 7.34. The Balaban J connectivity index is 1.79. The minimum absolute atomic E-state index is 0.257. The van der Waals surface area contributed by atoms with Crippen LogP contribution in [0.15, 0.2) is 18.2 Å². The molecule has 1 aliphatic heterocycles. The van der Waals surface area contributed by atoms with Crippen LogP contribution in [0.1, 0.15) is 44.7 Å². The van der Waals surface area contributed by atoms with E-state index < -0.39 is 12.0 Å². The summed E-state index contributed by atoms with van der Waals surface area (Å²) >= 11 is 0. The third-order valence-electron chi connectivity index (χ3n) is 4.59. The molecule has 3 unspecified atom stereocenters. The third kappa shape index (κ3) is 5.44. The molecule has 144 valence electrons. The standard InChI is InChI=1S/C19H30N4O3/c1-11(2)9-15-10-16(21-20-15)19(25)23-22-18(24)14(5)26-17-8-6-7-12(3)13(17)4/h6-8,11,14-16,20-21H,9-10H2,1-5H3,(H,22,24)(H,23,25). The maximum absolute atomic E-state index is 12.2. The molecule has 0 aliphatic carbocycles. The van der Waals surface area contributed by atoms with E-state index in [0.717, 1.165) is 17.5 Å². The van der Waals surface area contributed by atoms with Crippen molar-refractivity contribution in [2.75, 3.05) is 0 Å². The predicted octanol–water partition coefficient (Wildman–Crippen LogP) is 1.50. The molecule has 2 amide bonds. The highest BCUT2D eigenvalue weighted by Crippen LogP contribution is 2.21. The summed E-state index contributed by atoms with van der Waals surface area (Å²) in [5, 5.41) is 0. The number of hydrogen-bond acceptors (Lipinski definition) is 5. The van der Waals surface area contributed by atoms with Gasteiger partial charge in [-0.15, -0.1) is 0 Å². The van der Waals surface area contributed by atoms with Crippen LogP contribution in [0.2, 0.25) is 0 Å². The summed E-state index contributed by atoms with van der Waals surface area (Å²) < 4.78 is 5.71. The highest BCUT2D eigenvalue weighted by molar-refractivity contribution is 5.87. The quantitative estimate of drug-likeness (QED) is 0.576. The van der Waals surface area contributed by atoms with Gasteiger partial charge in [0.05, 0.1) is 0 Å². The molecule has 0 saturated carbocycles. The molecule has 7 nitrogen and oxygen atoms in total. The number of rotatable bonds is 6. The molecule has 1 fully saturated rings. The Morgan fingerprint density at radius 1 is 1.19 bits per heavy atom. The molecule has 1 saturated heterocycles. The molecular weight excluding hydrogens is 332 g/mol. The maximum Gasteiger partial charge on any atom is 0.279 e. The van der Waals surface area contributed by atoms with Gasteiger partial charge in [0.1, 0.15) is 11.8 Å². The van der Waals surface area contributed by atoms with Crippen molar-refractivity contribution in [2.24, 2.45) is 5.92 Å². The van der Waals surface area contributed by atoms with Crippen molar-refractivity contribution in [1.29, 1.82) is 0 Å². The molecule has 1 aliphatic rings. The van der Waals surface area contributed by atoms with Crippen LogP contribution in [0.4, 0.5) is 0 Å². The first-order chi connectivity index (χ1) is 12.3. The Kier molecular flexibility index (Phi) is 6.99. The number of aryl methyl sites for hydroxylation is 1. The Labute approximate surface area is 155 Å². The van der Waals surface area contributed by atoms with Crippen LogP contribution < -0.4 is 26.4 Å². The van der Waals surface area contributed by atoms with Crippen LogP contribution in [0, 0.1) is 19.8 Å². The summed E-state index contributed by atoms with van der Waals surface area (Å²) in [4.78, 5) is 24.4. The normalized spacial score (nSPS) is 20.7. The number of hydrogen-bond donors (Lipinski definition) is 4. The van der Waals surface area contributed by atoms with E-state index in [1.165, 1.54) is 0 Å². The summed E-state index contributed by atoms with van der Waals surface area (Å²) in [6.07, 6.45) is 0.956. The lowest BCUT2D eigenvalue weighted by Gasteiger charge is -2.18. The molecule has 0 radical (unpaired) electrons. The number of benzene rings is 1. The number of ether oxygens (including phenoxy) is 1. The van der Waals surface area contributed by atoms with Gasteiger partial charge in [0.15, 0.2) is 6.10 Å². The lowest BCUT2D eigenvalue weighted by molar-refractivity contribution is -0.133. The molecule has 26 heavy (non-hydrogen) atoms. The van der Waals surface area contributed by atoms with E-state index in [1.54, 1.807) is 6.92 Å². The van der Waals surface area contributed by atoms with E-state index in [1.807, 2.05) is 32.0 Å². The minimum atomic E-state index is -0.723. The van der Waals surface area contributed by atoms with Crippen LogP contribution in [-0.4, -0.2) is 30.0 Å². The highest BCUT2D eigenvalue weighted by Gasteiger charge is 2.30. The molecule has 7 heteroatoms. The van der Waals surface area contributed by atoms with E-state index >= 15 is 0 Å². The van der Waals surface area contributed by atoms with Crippen LogP contribution in [0.3, 0.4) is 0 Å².